The van der Waals surface area contributed by atoms with Gasteiger partial charge in [-0.15, -0.1) is 0 Å². The SMILES string of the molecule is O=C(N[C@H]1CCOC[C@@]12CCN(C(=O)c1ccccc1)C2)N1CCCC1. The molecule has 1 N–H and O–H groups in total. The molecular weight excluding hydrogens is 330 g/mol. The lowest BCUT2D eigenvalue weighted by atomic mass is 9.77. The Morgan fingerprint density at radius 2 is 1.85 bits per heavy atom. The number of carbonyl (C=O) groups excluding carboxylic acids is 2. The second-order valence-corrected chi connectivity index (χ2v) is 7.74. The van der Waals surface area contributed by atoms with Gasteiger partial charge < -0.3 is 19.9 Å². The smallest absolute Gasteiger partial charge is 0.317 e. The summed E-state index contributed by atoms with van der Waals surface area (Å²) >= 11 is 0. The van der Waals surface area contributed by atoms with Crippen LogP contribution < -0.4 is 5.32 Å². The zero-order chi connectivity index (χ0) is 18.0. The standard InChI is InChI=1S/C20H27N3O3/c24-18(16-6-2-1-3-7-16)23-12-9-20(14-23)15-26-13-8-17(20)21-19(25)22-10-4-5-11-22/h1-3,6-7,17H,4-5,8-15H2,(H,21,25)/t17-,20-/m0/s1. The highest BCUT2D eigenvalue weighted by Gasteiger charge is 2.48. The van der Waals surface area contributed by atoms with Gasteiger partial charge in [-0.3, -0.25) is 4.79 Å². The van der Waals surface area contributed by atoms with Gasteiger partial charge in [-0.2, -0.15) is 0 Å². The summed E-state index contributed by atoms with van der Waals surface area (Å²) in [5.41, 5.74) is 0.553. The van der Waals surface area contributed by atoms with Gasteiger partial charge in [0.25, 0.3) is 5.91 Å². The third-order valence-electron chi connectivity index (χ3n) is 6.06. The largest absolute Gasteiger partial charge is 0.381 e. The van der Waals surface area contributed by atoms with Gasteiger partial charge in [0.15, 0.2) is 0 Å². The molecule has 3 fully saturated rings. The molecule has 1 aromatic rings. The second kappa shape index (κ2) is 7.27. The molecule has 0 radical (unpaired) electrons. The second-order valence-electron chi connectivity index (χ2n) is 7.74. The fourth-order valence-corrected chi connectivity index (χ4v) is 4.50. The lowest BCUT2D eigenvalue weighted by molar-refractivity contribution is -0.0243. The summed E-state index contributed by atoms with van der Waals surface area (Å²) in [6, 6.07) is 9.53. The van der Waals surface area contributed by atoms with Crippen LogP contribution in [0.1, 0.15) is 36.0 Å². The van der Waals surface area contributed by atoms with Gasteiger partial charge in [-0.25, -0.2) is 4.79 Å². The zero-order valence-corrected chi connectivity index (χ0v) is 15.2. The number of nitrogens with zero attached hydrogens (tertiary/aromatic N) is 2. The van der Waals surface area contributed by atoms with Crippen LogP contribution >= 0.6 is 0 Å². The third-order valence-corrected chi connectivity index (χ3v) is 6.06. The fraction of sp³-hybridized carbons (Fsp3) is 0.600. The average Bonchev–Trinajstić information content (AvgIpc) is 3.35. The first-order valence-corrected chi connectivity index (χ1v) is 9.65. The minimum absolute atomic E-state index is 0.0432. The number of hydrogen-bond acceptors (Lipinski definition) is 3. The fourth-order valence-electron chi connectivity index (χ4n) is 4.50. The topological polar surface area (TPSA) is 61.9 Å². The molecule has 26 heavy (non-hydrogen) atoms. The van der Waals surface area contributed by atoms with Crippen molar-refractivity contribution in [3.63, 3.8) is 0 Å². The maximum Gasteiger partial charge on any atom is 0.317 e. The number of benzene rings is 1. The number of ether oxygens (including phenoxy) is 1. The van der Waals surface area contributed by atoms with Crippen LogP contribution in [0.3, 0.4) is 0 Å². The molecule has 0 unspecified atom stereocenters. The zero-order valence-electron chi connectivity index (χ0n) is 15.2. The molecule has 0 aromatic heterocycles. The van der Waals surface area contributed by atoms with E-state index in [0.29, 0.717) is 26.3 Å². The Labute approximate surface area is 154 Å². The molecule has 140 valence electrons. The summed E-state index contributed by atoms with van der Waals surface area (Å²) in [5, 5.41) is 3.26. The molecule has 1 spiro atoms. The molecule has 0 saturated carbocycles. The maximum absolute atomic E-state index is 12.8. The number of hydrogen-bond donors (Lipinski definition) is 1. The molecule has 0 aliphatic carbocycles. The summed E-state index contributed by atoms with van der Waals surface area (Å²) in [6.07, 6.45) is 3.86. The van der Waals surface area contributed by atoms with Crippen LogP contribution in [0.5, 0.6) is 0 Å². The van der Waals surface area contributed by atoms with Gasteiger partial charge in [-0.05, 0) is 37.8 Å². The Morgan fingerprint density at radius 1 is 1.08 bits per heavy atom. The van der Waals surface area contributed by atoms with Crippen molar-refractivity contribution in [2.75, 3.05) is 39.4 Å². The Hall–Kier alpha value is -2.08. The normalized spacial score (nSPS) is 28.5. The van der Waals surface area contributed by atoms with E-state index >= 15 is 0 Å². The summed E-state index contributed by atoms with van der Waals surface area (Å²) in [6.45, 7) is 4.33. The van der Waals surface area contributed by atoms with Gasteiger partial charge >= 0.3 is 6.03 Å². The molecule has 3 amide bonds. The Kier molecular flexibility index (Phi) is 4.85. The van der Waals surface area contributed by atoms with Crippen LogP contribution in [0.15, 0.2) is 30.3 Å². The van der Waals surface area contributed by atoms with E-state index in [0.717, 1.165) is 44.3 Å². The highest BCUT2D eigenvalue weighted by atomic mass is 16.5. The van der Waals surface area contributed by atoms with E-state index in [2.05, 4.69) is 5.32 Å². The van der Waals surface area contributed by atoms with Crippen molar-refractivity contribution in [3.05, 3.63) is 35.9 Å². The monoisotopic (exact) mass is 357 g/mol. The number of urea groups is 1. The predicted molar refractivity (Wildman–Crippen MR) is 98.0 cm³/mol. The minimum atomic E-state index is -0.169. The molecule has 3 aliphatic heterocycles. The van der Waals surface area contributed by atoms with E-state index in [1.807, 2.05) is 40.1 Å². The number of amides is 3. The third kappa shape index (κ3) is 3.30. The number of rotatable bonds is 2. The summed E-state index contributed by atoms with van der Waals surface area (Å²) < 4.78 is 5.78. The maximum atomic E-state index is 12.8. The first kappa shape index (κ1) is 17.3. The minimum Gasteiger partial charge on any atom is -0.381 e. The first-order chi connectivity index (χ1) is 12.7. The van der Waals surface area contributed by atoms with Crippen molar-refractivity contribution in [2.24, 2.45) is 5.41 Å². The van der Waals surface area contributed by atoms with Crippen molar-refractivity contribution in [3.8, 4) is 0 Å². The predicted octanol–water partition coefficient (Wildman–Crippen LogP) is 2.11. The lowest BCUT2D eigenvalue weighted by Crippen LogP contribution is -2.57. The quantitative estimate of drug-likeness (QED) is 0.882. The van der Waals surface area contributed by atoms with Crippen LogP contribution in [-0.2, 0) is 4.74 Å². The van der Waals surface area contributed by atoms with Crippen LogP contribution in [0.4, 0.5) is 4.79 Å². The van der Waals surface area contributed by atoms with Crippen LogP contribution in [0.2, 0.25) is 0 Å². The van der Waals surface area contributed by atoms with Gasteiger partial charge in [0.05, 0.1) is 6.61 Å². The Morgan fingerprint density at radius 3 is 2.62 bits per heavy atom. The number of carbonyl (C=O) groups is 2. The molecule has 2 atom stereocenters. The Bertz CT molecular complexity index is 660. The van der Waals surface area contributed by atoms with E-state index in [1.54, 1.807) is 0 Å². The van der Waals surface area contributed by atoms with Gasteiger partial charge in [0.2, 0.25) is 0 Å². The molecule has 3 saturated heterocycles. The average molecular weight is 357 g/mol. The molecule has 6 heteroatoms. The van der Waals surface area contributed by atoms with Crippen molar-refractivity contribution < 1.29 is 14.3 Å². The molecule has 3 aliphatic rings. The highest BCUT2D eigenvalue weighted by molar-refractivity contribution is 5.94. The lowest BCUT2D eigenvalue weighted by Gasteiger charge is -2.41. The number of likely N-dealkylation sites (tertiary alicyclic amines) is 2. The van der Waals surface area contributed by atoms with Gasteiger partial charge in [-0.1, -0.05) is 18.2 Å². The summed E-state index contributed by atoms with van der Waals surface area (Å²) in [4.78, 5) is 29.2. The molecular formula is C20H27N3O3. The summed E-state index contributed by atoms with van der Waals surface area (Å²) in [5.74, 6) is 0.0673. The van der Waals surface area contributed by atoms with E-state index in [4.69, 9.17) is 4.74 Å². The van der Waals surface area contributed by atoms with Crippen molar-refractivity contribution in [1.29, 1.82) is 0 Å². The van der Waals surface area contributed by atoms with Gasteiger partial charge in [0, 0.05) is 49.8 Å². The van der Waals surface area contributed by atoms with E-state index < -0.39 is 0 Å². The van der Waals surface area contributed by atoms with Crippen LogP contribution in [-0.4, -0.2) is 67.2 Å². The van der Waals surface area contributed by atoms with E-state index in [-0.39, 0.29) is 23.4 Å². The number of nitrogens with one attached hydrogen (secondary N) is 1. The highest BCUT2D eigenvalue weighted by Crippen LogP contribution is 2.39. The molecule has 0 bridgehead atoms. The molecule has 4 rings (SSSR count). The molecule has 1 aromatic carbocycles. The Balaban J connectivity index is 1.45. The van der Waals surface area contributed by atoms with Crippen molar-refractivity contribution in [2.45, 2.75) is 31.7 Å². The molecule has 3 heterocycles. The molecule has 6 nitrogen and oxygen atoms in total. The van der Waals surface area contributed by atoms with Gasteiger partial charge in [0.1, 0.15) is 0 Å². The summed E-state index contributed by atoms with van der Waals surface area (Å²) in [7, 11) is 0. The first-order valence-electron chi connectivity index (χ1n) is 9.65. The van der Waals surface area contributed by atoms with E-state index in [9.17, 15) is 9.59 Å². The van der Waals surface area contributed by atoms with Crippen molar-refractivity contribution in [1.82, 2.24) is 15.1 Å². The van der Waals surface area contributed by atoms with Crippen molar-refractivity contribution >= 4 is 11.9 Å². The van der Waals surface area contributed by atoms with E-state index in [1.165, 1.54) is 0 Å². The van der Waals surface area contributed by atoms with Crippen LogP contribution in [0.25, 0.3) is 0 Å². The van der Waals surface area contributed by atoms with Crippen LogP contribution in [0, 0.1) is 5.41 Å².